The van der Waals surface area contributed by atoms with Crippen molar-refractivity contribution < 1.29 is 13.2 Å². The number of alkyl halides is 3. The van der Waals surface area contributed by atoms with E-state index in [1.54, 1.807) is 0 Å². The zero-order valence-electron chi connectivity index (χ0n) is 16.2. The second-order valence-corrected chi connectivity index (χ2v) is 8.39. The fourth-order valence-corrected chi connectivity index (χ4v) is 4.38. The summed E-state index contributed by atoms with van der Waals surface area (Å²) < 4.78 is 41.6. The van der Waals surface area contributed by atoms with Gasteiger partial charge in [-0.05, 0) is 38.5 Å². The highest BCUT2D eigenvalue weighted by Gasteiger charge is 2.39. The number of rotatable bonds is 6. The third-order valence-corrected chi connectivity index (χ3v) is 6.15. The molecule has 0 radical (unpaired) electrons. The van der Waals surface area contributed by atoms with Crippen molar-refractivity contribution in [2.75, 3.05) is 18.0 Å². The summed E-state index contributed by atoms with van der Waals surface area (Å²) in [4.78, 5) is 16.7. The zero-order chi connectivity index (χ0) is 20.0. The van der Waals surface area contributed by atoms with Crippen LogP contribution in [0.1, 0.15) is 56.1 Å². The maximum Gasteiger partial charge on any atom is 0.433 e. The quantitative estimate of drug-likeness (QED) is 0.733. The number of likely N-dealkylation sites (tertiary alicyclic amines) is 1. The van der Waals surface area contributed by atoms with Crippen LogP contribution in [0.3, 0.4) is 0 Å². The lowest BCUT2D eigenvalue weighted by molar-refractivity contribution is -0.141. The molecule has 1 saturated heterocycles. The Morgan fingerprint density at radius 1 is 0.966 bits per heavy atom. The maximum absolute atomic E-state index is 13.1. The molecule has 3 aliphatic rings. The normalized spacial score (nSPS) is 21.5. The summed E-state index contributed by atoms with van der Waals surface area (Å²) in [6, 6.07) is 2.25. The van der Waals surface area contributed by atoms with Gasteiger partial charge in [0, 0.05) is 49.7 Å². The predicted molar refractivity (Wildman–Crippen MR) is 101 cm³/mol. The van der Waals surface area contributed by atoms with Crippen LogP contribution in [-0.4, -0.2) is 49.6 Å². The molecule has 9 heteroatoms. The number of hydrogen-bond donors (Lipinski definition) is 0. The molecule has 2 aromatic rings. The van der Waals surface area contributed by atoms with E-state index in [2.05, 4.69) is 35.5 Å². The monoisotopic (exact) mass is 406 g/mol. The first-order valence-corrected chi connectivity index (χ1v) is 10.4. The van der Waals surface area contributed by atoms with Gasteiger partial charge in [-0.15, -0.1) is 0 Å². The van der Waals surface area contributed by atoms with E-state index >= 15 is 0 Å². The topological polar surface area (TPSA) is 50.1 Å². The average molecular weight is 406 g/mol. The first-order chi connectivity index (χ1) is 14.0. The van der Waals surface area contributed by atoms with E-state index in [4.69, 9.17) is 0 Å². The van der Waals surface area contributed by atoms with Gasteiger partial charge in [-0.25, -0.2) is 15.0 Å². The fraction of sp³-hybridized carbons (Fsp3) is 0.650. The van der Waals surface area contributed by atoms with Crippen LogP contribution in [0.15, 0.2) is 24.8 Å². The Balaban J connectivity index is 1.25. The molecular formula is C20H25F3N6. The van der Waals surface area contributed by atoms with Crippen molar-refractivity contribution in [3.63, 3.8) is 0 Å². The van der Waals surface area contributed by atoms with Crippen LogP contribution in [0.2, 0.25) is 0 Å². The molecule has 156 valence electrons. The van der Waals surface area contributed by atoms with Crippen molar-refractivity contribution in [3.05, 3.63) is 36.3 Å². The van der Waals surface area contributed by atoms with Crippen LogP contribution < -0.4 is 4.90 Å². The van der Waals surface area contributed by atoms with Gasteiger partial charge in [0.1, 0.15) is 23.7 Å². The summed E-state index contributed by atoms with van der Waals surface area (Å²) in [5, 5.41) is 0. The van der Waals surface area contributed by atoms with Gasteiger partial charge in [-0.3, -0.25) is 4.90 Å². The first kappa shape index (κ1) is 18.8. The van der Waals surface area contributed by atoms with E-state index < -0.39 is 11.9 Å². The molecular weight excluding hydrogens is 381 g/mol. The van der Waals surface area contributed by atoms with E-state index in [1.807, 2.05) is 6.20 Å². The third-order valence-electron chi connectivity index (χ3n) is 6.15. The summed E-state index contributed by atoms with van der Waals surface area (Å²) in [5.74, 6) is 1.54. The molecule has 0 spiro atoms. The molecule has 0 bridgehead atoms. The molecule has 0 unspecified atom stereocenters. The molecule has 1 aliphatic heterocycles. The largest absolute Gasteiger partial charge is 0.433 e. The lowest BCUT2D eigenvalue weighted by Crippen LogP contribution is -2.46. The summed E-state index contributed by atoms with van der Waals surface area (Å²) in [7, 11) is 0. The van der Waals surface area contributed by atoms with Crippen molar-refractivity contribution in [3.8, 4) is 0 Å². The number of halogens is 3. The minimum atomic E-state index is -4.44. The Morgan fingerprint density at radius 3 is 2.34 bits per heavy atom. The summed E-state index contributed by atoms with van der Waals surface area (Å²) in [6.45, 7) is 2.68. The minimum Gasteiger partial charge on any atom is -0.350 e. The van der Waals surface area contributed by atoms with Crippen molar-refractivity contribution in [1.82, 2.24) is 24.4 Å². The molecule has 3 fully saturated rings. The van der Waals surface area contributed by atoms with Crippen LogP contribution in [0.5, 0.6) is 0 Å². The standard InChI is InChI=1S/C20H25F3N6/c21-20(22,23)17-11-18(26-13-25-17)29(15-3-4-15)16-5-8-27(9-6-16)12-19-24-7-10-28(19)14-1-2-14/h7,10-11,13-16H,1-6,8-9,12H2. The summed E-state index contributed by atoms with van der Waals surface area (Å²) >= 11 is 0. The van der Waals surface area contributed by atoms with Crippen molar-refractivity contribution >= 4 is 5.82 Å². The smallest absolute Gasteiger partial charge is 0.350 e. The van der Waals surface area contributed by atoms with Crippen molar-refractivity contribution in [2.45, 2.75) is 69.4 Å². The Labute approximate surface area is 167 Å². The van der Waals surface area contributed by atoms with Crippen LogP contribution in [0.4, 0.5) is 19.0 Å². The van der Waals surface area contributed by atoms with Gasteiger partial charge >= 0.3 is 6.18 Å². The van der Waals surface area contributed by atoms with Crippen LogP contribution in [0, 0.1) is 0 Å². The van der Waals surface area contributed by atoms with E-state index in [1.165, 1.54) is 12.8 Å². The molecule has 5 rings (SSSR count). The second-order valence-electron chi connectivity index (χ2n) is 8.39. The summed E-state index contributed by atoms with van der Waals surface area (Å²) in [5.41, 5.74) is -0.863. The lowest BCUT2D eigenvalue weighted by atomic mass is 10.0. The third kappa shape index (κ3) is 4.10. The predicted octanol–water partition coefficient (Wildman–Crippen LogP) is 3.66. The molecule has 2 saturated carbocycles. The number of imidazole rings is 1. The Hall–Kier alpha value is -2.16. The van der Waals surface area contributed by atoms with Crippen LogP contribution in [0.25, 0.3) is 0 Å². The minimum absolute atomic E-state index is 0.220. The van der Waals surface area contributed by atoms with Crippen LogP contribution in [-0.2, 0) is 12.7 Å². The van der Waals surface area contributed by atoms with Gasteiger partial charge in [0.2, 0.25) is 0 Å². The highest BCUT2D eigenvalue weighted by molar-refractivity contribution is 5.44. The van der Waals surface area contributed by atoms with Crippen LogP contribution >= 0.6 is 0 Å². The van der Waals surface area contributed by atoms with Crippen molar-refractivity contribution in [2.24, 2.45) is 0 Å². The van der Waals surface area contributed by atoms with Gasteiger partial charge in [-0.2, -0.15) is 13.2 Å². The highest BCUT2D eigenvalue weighted by Crippen LogP contribution is 2.38. The Kier molecular flexibility index (Phi) is 4.72. The van der Waals surface area contributed by atoms with Gasteiger partial charge in [0.15, 0.2) is 0 Å². The molecule has 0 N–H and O–H groups in total. The van der Waals surface area contributed by atoms with Gasteiger partial charge in [-0.1, -0.05) is 0 Å². The summed E-state index contributed by atoms with van der Waals surface area (Å²) in [6.07, 6.45) is 6.90. The second kappa shape index (κ2) is 7.27. The zero-order valence-corrected chi connectivity index (χ0v) is 16.2. The van der Waals surface area contributed by atoms with E-state index in [0.717, 1.165) is 63.5 Å². The lowest BCUT2D eigenvalue weighted by Gasteiger charge is -2.39. The van der Waals surface area contributed by atoms with E-state index in [9.17, 15) is 13.2 Å². The first-order valence-electron chi connectivity index (χ1n) is 10.4. The number of aromatic nitrogens is 4. The van der Waals surface area contributed by atoms with Gasteiger partial charge in [0.05, 0.1) is 6.54 Å². The molecule has 6 nitrogen and oxygen atoms in total. The van der Waals surface area contributed by atoms with Gasteiger partial charge in [0.25, 0.3) is 0 Å². The van der Waals surface area contributed by atoms with E-state index in [-0.39, 0.29) is 6.04 Å². The Morgan fingerprint density at radius 2 is 1.69 bits per heavy atom. The number of piperidine rings is 1. The molecule has 3 heterocycles. The SMILES string of the molecule is FC(F)(F)c1cc(N(C2CC2)C2CCN(Cc3nccn3C3CC3)CC2)ncn1. The Bertz CT molecular complexity index is 850. The van der Waals surface area contributed by atoms with E-state index in [0.29, 0.717) is 17.9 Å². The fourth-order valence-electron chi connectivity index (χ4n) is 4.38. The molecule has 29 heavy (non-hydrogen) atoms. The van der Waals surface area contributed by atoms with Gasteiger partial charge < -0.3 is 9.47 Å². The average Bonchev–Trinajstić information content (AvgIpc) is 3.63. The number of nitrogens with zero attached hydrogens (tertiary/aromatic N) is 6. The maximum atomic E-state index is 13.1. The van der Waals surface area contributed by atoms with Crippen molar-refractivity contribution in [1.29, 1.82) is 0 Å². The molecule has 0 atom stereocenters. The number of hydrogen-bond acceptors (Lipinski definition) is 5. The molecule has 2 aliphatic carbocycles. The molecule has 2 aromatic heterocycles. The highest BCUT2D eigenvalue weighted by atomic mass is 19.4. The number of anilines is 1. The molecule has 0 aromatic carbocycles. The molecule has 0 amide bonds.